The van der Waals surface area contributed by atoms with Crippen molar-refractivity contribution in [3.63, 3.8) is 0 Å². The van der Waals surface area contributed by atoms with Gasteiger partial charge in [-0.1, -0.05) is 36.8 Å². The molecule has 7 heteroatoms. The molecule has 0 heterocycles. The van der Waals surface area contributed by atoms with Gasteiger partial charge in [0.15, 0.2) is 0 Å². The van der Waals surface area contributed by atoms with Crippen LogP contribution in [-0.2, 0) is 26.1 Å². The molecule has 1 aromatic rings. The van der Waals surface area contributed by atoms with Gasteiger partial charge < -0.3 is 9.22 Å². The normalized spacial score (nSPS) is 13.2. The molecule has 1 aromatic carbocycles. The quantitative estimate of drug-likeness (QED) is 0.179. The highest BCUT2D eigenvalue weighted by molar-refractivity contribution is 7.85. The highest BCUT2D eigenvalue weighted by Crippen LogP contribution is 2.16. The number of carbonyl (C=O) groups is 1. The minimum absolute atomic E-state index is 0.0160. The maximum atomic E-state index is 11.4. The van der Waals surface area contributed by atoms with Crippen LogP contribution in [0.4, 0.5) is 0 Å². The van der Waals surface area contributed by atoms with Gasteiger partial charge in [0.25, 0.3) is 10.1 Å². The van der Waals surface area contributed by atoms with Crippen molar-refractivity contribution in [2.75, 3.05) is 32.9 Å². The van der Waals surface area contributed by atoms with Crippen molar-refractivity contribution in [2.24, 2.45) is 0 Å². The zero-order chi connectivity index (χ0) is 22.5. The van der Waals surface area contributed by atoms with Crippen molar-refractivity contribution in [2.45, 2.75) is 70.8 Å². The van der Waals surface area contributed by atoms with Crippen LogP contribution in [0.25, 0.3) is 0 Å². The summed E-state index contributed by atoms with van der Waals surface area (Å²) >= 11 is 0. The molecule has 0 radical (unpaired) electrons. The SMILES string of the molecule is CC(=O)OC(CCCCCC[N+](C)(C)CCCCS(=O)(=O)O)CCc1ccccc1. The molecule has 0 aliphatic heterocycles. The molecule has 1 atom stereocenters. The summed E-state index contributed by atoms with van der Waals surface area (Å²) in [6, 6.07) is 10.3. The van der Waals surface area contributed by atoms with Gasteiger partial charge in [-0.05, 0) is 56.9 Å². The van der Waals surface area contributed by atoms with Gasteiger partial charge in [0, 0.05) is 6.92 Å². The Balaban J connectivity index is 2.20. The summed E-state index contributed by atoms with van der Waals surface area (Å²) in [6.45, 7) is 3.43. The molecule has 0 saturated carbocycles. The zero-order valence-corrected chi connectivity index (χ0v) is 19.7. The van der Waals surface area contributed by atoms with Crippen LogP contribution in [0, 0.1) is 0 Å². The molecule has 6 nitrogen and oxygen atoms in total. The summed E-state index contributed by atoms with van der Waals surface area (Å²) in [7, 11) is 0.479. The zero-order valence-electron chi connectivity index (χ0n) is 18.9. The second-order valence-corrected chi connectivity index (χ2v) is 10.4. The number of rotatable bonds is 16. The van der Waals surface area contributed by atoms with Crippen LogP contribution in [-0.4, -0.2) is 62.5 Å². The fraction of sp³-hybridized carbons (Fsp3) is 0.696. The Morgan fingerprint density at radius 3 is 2.17 bits per heavy atom. The molecule has 1 N–H and O–H groups in total. The Bertz CT molecular complexity index is 704. The van der Waals surface area contributed by atoms with E-state index in [4.69, 9.17) is 9.29 Å². The molecule has 172 valence electrons. The number of hydrogen-bond donors (Lipinski definition) is 1. The van der Waals surface area contributed by atoms with E-state index in [1.54, 1.807) is 0 Å². The Kier molecular flexibility index (Phi) is 12.2. The van der Waals surface area contributed by atoms with Gasteiger partial charge >= 0.3 is 5.97 Å². The average molecular weight is 443 g/mol. The monoisotopic (exact) mass is 442 g/mol. The van der Waals surface area contributed by atoms with Crippen LogP contribution in [0.3, 0.4) is 0 Å². The van der Waals surface area contributed by atoms with Gasteiger partial charge in [0.1, 0.15) is 6.10 Å². The minimum atomic E-state index is -3.84. The lowest BCUT2D eigenvalue weighted by molar-refractivity contribution is -0.890. The number of quaternary nitrogens is 1. The van der Waals surface area contributed by atoms with E-state index in [-0.39, 0.29) is 17.8 Å². The topological polar surface area (TPSA) is 80.7 Å². The van der Waals surface area contributed by atoms with Crippen molar-refractivity contribution in [3.8, 4) is 0 Å². The number of aryl methyl sites for hydroxylation is 1. The number of esters is 1. The largest absolute Gasteiger partial charge is 0.463 e. The number of carbonyl (C=O) groups excluding carboxylic acids is 1. The van der Waals surface area contributed by atoms with Crippen LogP contribution in [0.1, 0.15) is 63.9 Å². The van der Waals surface area contributed by atoms with Crippen LogP contribution in [0.5, 0.6) is 0 Å². The van der Waals surface area contributed by atoms with Crippen molar-refractivity contribution in [1.29, 1.82) is 0 Å². The van der Waals surface area contributed by atoms with Crippen molar-refractivity contribution in [3.05, 3.63) is 35.9 Å². The third-order valence-electron chi connectivity index (χ3n) is 5.39. The Morgan fingerprint density at radius 1 is 0.967 bits per heavy atom. The van der Waals surface area contributed by atoms with E-state index >= 15 is 0 Å². The van der Waals surface area contributed by atoms with Crippen LogP contribution in [0.15, 0.2) is 30.3 Å². The molecule has 0 aliphatic rings. The van der Waals surface area contributed by atoms with Gasteiger partial charge in [-0.25, -0.2) is 0 Å². The van der Waals surface area contributed by atoms with E-state index in [9.17, 15) is 13.2 Å². The van der Waals surface area contributed by atoms with E-state index < -0.39 is 10.1 Å². The molecule has 0 amide bonds. The molecule has 1 unspecified atom stereocenters. The Hall–Kier alpha value is -1.44. The Morgan fingerprint density at radius 2 is 1.57 bits per heavy atom. The Labute approximate surface area is 183 Å². The lowest BCUT2D eigenvalue weighted by Gasteiger charge is -2.30. The third-order valence-corrected chi connectivity index (χ3v) is 6.19. The summed E-state index contributed by atoms with van der Waals surface area (Å²) in [4.78, 5) is 11.4. The summed E-state index contributed by atoms with van der Waals surface area (Å²) in [5.41, 5.74) is 1.27. The molecule has 0 spiro atoms. The van der Waals surface area contributed by atoms with Crippen LogP contribution < -0.4 is 0 Å². The minimum Gasteiger partial charge on any atom is -0.463 e. The number of benzene rings is 1. The molecule has 0 bridgehead atoms. The van der Waals surface area contributed by atoms with E-state index in [1.807, 2.05) is 18.2 Å². The molecular weight excluding hydrogens is 402 g/mol. The molecule has 0 fully saturated rings. The molecular formula is C23H40NO5S+. The fourth-order valence-corrected chi connectivity index (χ4v) is 4.24. The number of unbranched alkanes of at least 4 members (excludes halogenated alkanes) is 4. The van der Waals surface area contributed by atoms with E-state index in [1.165, 1.54) is 12.5 Å². The highest BCUT2D eigenvalue weighted by atomic mass is 32.2. The van der Waals surface area contributed by atoms with E-state index in [0.717, 1.165) is 68.9 Å². The van der Waals surface area contributed by atoms with Crippen molar-refractivity contribution < 1.29 is 27.0 Å². The lowest BCUT2D eigenvalue weighted by atomic mass is 10.0. The second kappa shape index (κ2) is 13.8. The molecule has 0 aliphatic carbocycles. The fourth-order valence-electron chi connectivity index (χ4n) is 3.67. The van der Waals surface area contributed by atoms with E-state index in [2.05, 4.69) is 26.2 Å². The first-order chi connectivity index (χ1) is 14.1. The van der Waals surface area contributed by atoms with Gasteiger partial charge in [0.2, 0.25) is 0 Å². The summed E-state index contributed by atoms with van der Waals surface area (Å²) in [5, 5.41) is 0. The summed E-state index contributed by atoms with van der Waals surface area (Å²) < 4.78 is 36.7. The average Bonchev–Trinajstić information content (AvgIpc) is 2.65. The first-order valence-corrected chi connectivity index (χ1v) is 12.7. The second-order valence-electron chi connectivity index (χ2n) is 8.83. The van der Waals surface area contributed by atoms with Gasteiger partial charge in [-0.2, -0.15) is 8.42 Å². The van der Waals surface area contributed by atoms with Crippen molar-refractivity contribution in [1.82, 2.24) is 0 Å². The highest BCUT2D eigenvalue weighted by Gasteiger charge is 2.16. The first-order valence-electron chi connectivity index (χ1n) is 11.1. The summed E-state index contributed by atoms with van der Waals surface area (Å²) in [5.74, 6) is -0.359. The van der Waals surface area contributed by atoms with Gasteiger partial charge in [-0.15, -0.1) is 0 Å². The number of nitrogens with zero attached hydrogens (tertiary/aromatic N) is 1. The molecule has 0 aromatic heterocycles. The number of ether oxygens (including phenoxy) is 1. The smallest absolute Gasteiger partial charge is 0.302 e. The lowest BCUT2D eigenvalue weighted by Crippen LogP contribution is -2.41. The standard InChI is InChI=1S/C23H39NO5S/c1-21(25)29-23(17-16-22-13-7-6-8-14-22)15-9-4-5-10-18-24(2,3)19-11-12-20-30(26,27)28/h6-8,13-14,23H,4-5,9-12,15-20H2,1-3H3/p+1. The van der Waals surface area contributed by atoms with Gasteiger partial charge in [0.05, 0.1) is 32.9 Å². The van der Waals surface area contributed by atoms with Gasteiger partial charge in [-0.3, -0.25) is 9.35 Å². The number of hydrogen-bond acceptors (Lipinski definition) is 4. The maximum Gasteiger partial charge on any atom is 0.302 e. The van der Waals surface area contributed by atoms with E-state index in [0.29, 0.717) is 6.42 Å². The molecule has 30 heavy (non-hydrogen) atoms. The third kappa shape index (κ3) is 14.5. The first kappa shape index (κ1) is 26.6. The summed E-state index contributed by atoms with van der Waals surface area (Å²) in [6.07, 6.45) is 8.38. The van der Waals surface area contributed by atoms with Crippen LogP contribution >= 0.6 is 0 Å². The maximum absolute atomic E-state index is 11.4. The van der Waals surface area contributed by atoms with Crippen LogP contribution in [0.2, 0.25) is 0 Å². The predicted molar refractivity (Wildman–Crippen MR) is 121 cm³/mol. The molecule has 0 saturated heterocycles. The van der Waals surface area contributed by atoms with Crippen molar-refractivity contribution >= 4 is 16.1 Å². The predicted octanol–water partition coefficient (Wildman–Crippen LogP) is 4.25. The molecule has 1 rings (SSSR count).